The van der Waals surface area contributed by atoms with Crippen LogP contribution in [0, 0.1) is 17.8 Å². The zero-order valence-corrected chi connectivity index (χ0v) is 12.6. The van der Waals surface area contributed by atoms with Gasteiger partial charge in [-0.3, -0.25) is 0 Å². The molecule has 0 amide bonds. The predicted molar refractivity (Wildman–Crippen MR) is 79.0 cm³/mol. The topological polar surface area (TPSA) is 35.2 Å². The molecule has 3 aliphatic rings. The van der Waals surface area contributed by atoms with E-state index < -0.39 is 0 Å². The van der Waals surface area contributed by atoms with E-state index in [0.717, 1.165) is 24.4 Å². The minimum absolute atomic E-state index is 0.252. The molecule has 19 heavy (non-hydrogen) atoms. The van der Waals surface area contributed by atoms with Crippen molar-refractivity contribution in [2.24, 2.45) is 23.5 Å². The van der Waals surface area contributed by atoms with Crippen molar-refractivity contribution >= 4 is 0 Å². The molecule has 0 aromatic carbocycles. The Hall–Kier alpha value is -0.0800. The van der Waals surface area contributed by atoms with E-state index in [-0.39, 0.29) is 5.60 Å². The van der Waals surface area contributed by atoms with Crippen LogP contribution >= 0.6 is 0 Å². The Balaban J connectivity index is 1.66. The van der Waals surface area contributed by atoms with Gasteiger partial charge in [-0.05, 0) is 62.7 Å². The fourth-order valence-corrected chi connectivity index (χ4v) is 4.97. The maximum Gasteiger partial charge on any atom is 0.0685 e. The summed E-state index contributed by atoms with van der Waals surface area (Å²) in [6, 6.07) is 0.458. The van der Waals surface area contributed by atoms with Crippen LogP contribution in [0.5, 0.6) is 0 Å². The average Bonchev–Trinajstić information content (AvgIpc) is 2.42. The van der Waals surface area contributed by atoms with Gasteiger partial charge in [-0.25, -0.2) is 0 Å². The van der Waals surface area contributed by atoms with Crippen molar-refractivity contribution in [1.82, 2.24) is 0 Å². The van der Waals surface area contributed by atoms with E-state index >= 15 is 0 Å². The van der Waals surface area contributed by atoms with E-state index in [1.54, 1.807) is 0 Å². The molecule has 4 unspecified atom stereocenters. The molecule has 1 spiro atoms. The largest absolute Gasteiger partial charge is 0.375 e. The highest BCUT2D eigenvalue weighted by Gasteiger charge is 2.42. The van der Waals surface area contributed by atoms with Gasteiger partial charge in [0.15, 0.2) is 0 Å². The molecule has 4 atom stereocenters. The SMILES string of the molecule is CC1CCC(N)C(C2CCOC3(CCCCC3)C2)C1. The smallest absolute Gasteiger partial charge is 0.0685 e. The zero-order chi connectivity index (χ0) is 13.3. The molecule has 3 rings (SSSR count). The maximum absolute atomic E-state index is 6.45. The molecule has 2 N–H and O–H groups in total. The molecule has 1 saturated heterocycles. The predicted octanol–water partition coefficient (Wildman–Crippen LogP) is 3.88. The first-order valence-corrected chi connectivity index (χ1v) is 8.58. The third kappa shape index (κ3) is 3.00. The lowest BCUT2D eigenvalue weighted by Gasteiger charge is -2.48. The van der Waals surface area contributed by atoms with Crippen molar-refractivity contribution in [3.05, 3.63) is 0 Å². The summed E-state index contributed by atoms with van der Waals surface area (Å²) < 4.78 is 6.25. The van der Waals surface area contributed by atoms with Crippen LogP contribution in [-0.4, -0.2) is 18.2 Å². The van der Waals surface area contributed by atoms with Gasteiger partial charge in [0.2, 0.25) is 0 Å². The van der Waals surface area contributed by atoms with Crippen LogP contribution in [0.15, 0.2) is 0 Å². The van der Waals surface area contributed by atoms with Gasteiger partial charge in [-0.2, -0.15) is 0 Å². The van der Waals surface area contributed by atoms with Crippen LogP contribution in [0.4, 0.5) is 0 Å². The van der Waals surface area contributed by atoms with Gasteiger partial charge in [0.05, 0.1) is 5.60 Å². The summed E-state index contributed by atoms with van der Waals surface area (Å²) in [5.41, 5.74) is 6.70. The van der Waals surface area contributed by atoms with Crippen LogP contribution < -0.4 is 5.73 Å². The van der Waals surface area contributed by atoms with E-state index in [2.05, 4.69) is 6.92 Å². The third-order valence-corrected chi connectivity index (χ3v) is 6.12. The second-order valence-electron chi connectivity index (χ2n) is 7.59. The van der Waals surface area contributed by atoms with Gasteiger partial charge in [0.1, 0.15) is 0 Å². The fourth-order valence-electron chi connectivity index (χ4n) is 4.97. The van der Waals surface area contributed by atoms with Crippen LogP contribution in [0.3, 0.4) is 0 Å². The first-order chi connectivity index (χ1) is 9.19. The van der Waals surface area contributed by atoms with Gasteiger partial charge >= 0.3 is 0 Å². The first-order valence-electron chi connectivity index (χ1n) is 8.58. The minimum atomic E-state index is 0.252. The third-order valence-electron chi connectivity index (χ3n) is 6.12. The van der Waals surface area contributed by atoms with Crippen molar-refractivity contribution < 1.29 is 4.74 Å². The Morgan fingerprint density at radius 3 is 2.63 bits per heavy atom. The molecule has 0 aromatic rings. The molecule has 2 heteroatoms. The average molecular weight is 265 g/mol. The van der Waals surface area contributed by atoms with Crippen LogP contribution in [0.1, 0.15) is 71.1 Å². The molecule has 1 aliphatic heterocycles. The highest BCUT2D eigenvalue weighted by atomic mass is 16.5. The molecule has 0 bridgehead atoms. The zero-order valence-electron chi connectivity index (χ0n) is 12.6. The van der Waals surface area contributed by atoms with E-state index in [1.165, 1.54) is 64.2 Å². The van der Waals surface area contributed by atoms with Crippen LogP contribution in [0.25, 0.3) is 0 Å². The van der Waals surface area contributed by atoms with Gasteiger partial charge < -0.3 is 10.5 Å². The summed E-state index contributed by atoms with van der Waals surface area (Å²) in [5.74, 6) is 2.49. The van der Waals surface area contributed by atoms with E-state index in [4.69, 9.17) is 10.5 Å². The summed E-state index contributed by atoms with van der Waals surface area (Å²) in [6.07, 6.45) is 13.3. The molecule has 0 aromatic heterocycles. The molecular formula is C17H31NO. The molecule has 110 valence electrons. The minimum Gasteiger partial charge on any atom is -0.375 e. The second kappa shape index (κ2) is 5.73. The maximum atomic E-state index is 6.45. The Labute approximate surface area is 118 Å². The standard InChI is InChI=1S/C17H31NO/c1-13-5-6-16(18)15(11-13)14-7-10-19-17(12-14)8-3-2-4-9-17/h13-16H,2-12,18H2,1H3. The summed E-state index contributed by atoms with van der Waals surface area (Å²) in [6.45, 7) is 3.40. The molecular weight excluding hydrogens is 234 g/mol. The fraction of sp³-hybridized carbons (Fsp3) is 1.00. The van der Waals surface area contributed by atoms with E-state index in [9.17, 15) is 0 Å². The first kappa shape index (κ1) is 13.9. The number of hydrogen-bond donors (Lipinski definition) is 1. The lowest BCUT2D eigenvalue weighted by Crippen LogP contribution is -2.47. The lowest BCUT2D eigenvalue weighted by molar-refractivity contribution is -0.129. The van der Waals surface area contributed by atoms with Gasteiger partial charge in [0.25, 0.3) is 0 Å². The Bertz CT molecular complexity index is 292. The van der Waals surface area contributed by atoms with Gasteiger partial charge in [-0.15, -0.1) is 0 Å². The lowest BCUT2D eigenvalue weighted by atomic mass is 9.66. The molecule has 0 radical (unpaired) electrons. The highest BCUT2D eigenvalue weighted by Crippen LogP contribution is 2.46. The van der Waals surface area contributed by atoms with Crippen molar-refractivity contribution in [3.8, 4) is 0 Å². The van der Waals surface area contributed by atoms with Crippen LogP contribution in [0.2, 0.25) is 0 Å². The van der Waals surface area contributed by atoms with Gasteiger partial charge in [-0.1, -0.05) is 26.2 Å². The number of ether oxygens (including phenoxy) is 1. The van der Waals surface area contributed by atoms with E-state index in [0.29, 0.717) is 6.04 Å². The van der Waals surface area contributed by atoms with Crippen molar-refractivity contribution in [2.45, 2.75) is 82.8 Å². The normalized spacial score (nSPS) is 43.3. The number of nitrogens with two attached hydrogens (primary N) is 1. The molecule has 1 heterocycles. The molecule has 2 aliphatic carbocycles. The van der Waals surface area contributed by atoms with Crippen molar-refractivity contribution in [1.29, 1.82) is 0 Å². The van der Waals surface area contributed by atoms with Crippen molar-refractivity contribution in [2.75, 3.05) is 6.61 Å². The summed E-state index contributed by atoms with van der Waals surface area (Å²) in [5, 5.41) is 0. The van der Waals surface area contributed by atoms with Crippen molar-refractivity contribution in [3.63, 3.8) is 0 Å². The summed E-state index contributed by atoms with van der Waals surface area (Å²) in [4.78, 5) is 0. The Kier molecular flexibility index (Phi) is 4.19. The summed E-state index contributed by atoms with van der Waals surface area (Å²) in [7, 11) is 0. The highest BCUT2D eigenvalue weighted by molar-refractivity contribution is 4.94. The monoisotopic (exact) mass is 265 g/mol. The quantitative estimate of drug-likeness (QED) is 0.781. The summed E-state index contributed by atoms with van der Waals surface area (Å²) >= 11 is 0. The molecule has 2 saturated carbocycles. The second-order valence-corrected chi connectivity index (χ2v) is 7.59. The Morgan fingerprint density at radius 2 is 1.84 bits per heavy atom. The molecule has 3 fully saturated rings. The van der Waals surface area contributed by atoms with Crippen LogP contribution in [-0.2, 0) is 4.74 Å². The van der Waals surface area contributed by atoms with E-state index in [1.807, 2.05) is 0 Å². The Morgan fingerprint density at radius 1 is 1.05 bits per heavy atom. The number of hydrogen-bond acceptors (Lipinski definition) is 2. The number of rotatable bonds is 1. The van der Waals surface area contributed by atoms with Gasteiger partial charge in [0, 0.05) is 12.6 Å². The molecule has 2 nitrogen and oxygen atoms in total.